The molecule has 0 atom stereocenters. The summed E-state index contributed by atoms with van der Waals surface area (Å²) in [5.74, 6) is 0. The molecule has 0 bridgehead atoms. The molecule has 0 N–H and O–H groups in total. The molecule has 2 heteroatoms. The van der Waals surface area contributed by atoms with Crippen LogP contribution in [0.4, 0.5) is 0 Å². The predicted molar refractivity (Wildman–Crippen MR) is 215 cm³/mol. The van der Waals surface area contributed by atoms with Crippen molar-refractivity contribution in [3.05, 3.63) is 221 Å². The van der Waals surface area contributed by atoms with E-state index in [9.17, 15) is 0 Å². The maximum Gasteiger partial charge on any atom is 0.159 e. The van der Waals surface area contributed by atoms with Gasteiger partial charge in [-0.25, -0.2) is 0 Å². The van der Waals surface area contributed by atoms with Crippen LogP contribution in [0.5, 0.6) is 0 Å². The molecule has 244 valence electrons. The Labute approximate surface area is 301 Å². The highest BCUT2D eigenvalue weighted by Crippen LogP contribution is 2.56. The highest BCUT2D eigenvalue weighted by atomic mass is 16.3. The molecule has 52 heavy (non-hydrogen) atoms. The monoisotopic (exact) mass is 663 g/mol. The molecule has 1 aliphatic carbocycles. The first kappa shape index (κ1) is 29.1. The summed E-state index contributed by atoms with van der Waals surface area (Å²) in [6, 6.07) is 68.7. The predicted octanol–water partition coefficient (Wildman–Crippen LogP) is 12.6. The highest BCUT2D eigenvalue weighted by Gasteiger charge is 2.45. The quantitative estimate of drug-likeness (QED) is 0.179. The number of hydrogen-bond donors (Lipinski definition) is 0. The van der Waals surface area contributed by atoms with Gasteiger partial charge < -0.3 is 8.98 Å². The molecule has 0 amide bonds. The van der Waals surface area contributed by atoms with E-state index in [1.165, 1.54) is 66.3 Å². The van der Waals surface area contributed by atoms with Crippen molar-refractivity contribution in [2.75, 3.05) is 0 Å². The van der Waals surface area contributed by atoms with Crippen molar-refractivity contribution in [3.63, 3.8) is 0 Å². The molecule has 0 saturated heterocycles. The number of rotatable bonds is 5. The zero-order valence-corrected chi connectivity index (χ0v) is 28.5. The molecule has 0 fully saturated rings. The van der Waals surface area contributed by atoms with Gasteiger partial charge in [-0.1, -0.05) is 164 Å². The molecule has 0 saturated carbocycles. The molecule has 2 nitrogen and oxygen atoms in total. The van der Waals surface area contributed by atoms with E-state index < -0.39 is 5.41 Å². The number of nitrogens with zero attached hydrogens (tertiary/aromatic N) is 1. The standard InChI is InChI=1S/C50H33NO/c1-3-14-35(15-4-1)50(36-16-5-2-6-17-36)43-22-10-7-18-37(43)38-28-26-33(31-44(38)50)30-34-27-29-41-42-21-13-25-47(49(42)52-48(41)32-34)51-45-23-11-8-19-39(45)40-20-9-12-24-46(40)51/h1-29,31-32H,30H2. The van der Waals surface area contributed by atoms with E-state index in [-0.39, 0.29) is 0 Å². The molecule has 0 unspecified atom stereocenters. The van der Waals surface area contributed by atoms with Gasteiger partial charge >= 0.3 is 0 Å². The first-order valence-corrected chi connectivity index (χ1v) is 18.1. The van der Waals surface area contributed by atoms with Crippen molar-refractivity contribution >= 4 is 43.7 Å². The van der Waals surface area contributed by atoms with E-state index >= 15 is 0 Å². The van der Waals surface area contributed by atoms with E-state index in [2.05, 4.69) is 193 Å². The van der Waals surface area contributed by atoms with Crippen LogP contribution in [0.15, 0.2) is 192 Å². The lowest BCUT2D eigenvalue weighted by Crippen LogP contribution is -2.28. The minimum atomic E-state index is -0.406. The minimum Gasteiger partial charge on any atom is -0.454 e. The van der Waals surface area contributed by atoms with Crippen LogP contribution < -0.4 is 0 Å². The van der Waals surface area contributed by atoms with Gasteiger partial charge in [-0.3, -0.25) is 0 Å². The lowest BCUT2D eigenvalue weighted by molar-refractivity contribution is 0.666. The fourth-order valence-electron chi connectivity index (χ4n) is 9.13. The lowest BCUT2D eigenvalue weighted by atomic mass is 9.67. The summed E-state index contributed by atoms with van der Waals surface area (Å²) in [6.07, 6.45) is 0.802. The summed E-state index contributed by atoms with van der Waals surface area (Å²) in [4.78, 5) is 0. The normalized spacial score (nSPS) is 13.2. The first-order chi connectivity index (χ1) is 25.8. The zero-order valence-electron chi connectivity index (χ0n) is 28.5. The van der Waals surface area contributed by atoms with Gasteiger partial charge in [0.15, 0.2) is 5.58 Å². The number of benzene rings is 8. The smallest absolute Gasteiger partial charge is 0.159 e. The van der Waals surface area contributed by atoms with E-state index in [4.69, 9.17) is 4.42 Å². The molecule has 10 aromatic rings. The Morgan fingerprint density at radius 3 is 1.73 bits per heavy atom. The summed E-state index contributed by atoms with van der Waals surface area (Å²) < 4.78 is 9.18. The van der Waals surface area contributed by atoms with Gasteiger partial charge in [-0.05, 0) is 75.2 Å². The van der Waals surface area contributed by atoms with Crippen molar-refractivity contribution in [1.29, 1.82) is 0 Å². The molecule has 11 rings (SSSR count). The van der Waals surface area contributed by atoms with Crippen LogP contribution in [-0.2, 0) is 11.8 Å². The topological polar surface area (TPSA) is 18.1 Å². The van der Waals surface area contributed by atoms with Gasteiger partial charge in [0, 0.05) is 21.5 Å². The average Bonchev–Trinajstić information content (AvgIpc) is 3.85. The van der Waals surface area contributed by atoms with E-state index in [0.29, 0.717) is 0 Å². The molecule has 0 spiro atoms. The van der Waals surface area contributed by atoms with Crippen LogP contribution in [0.3, 0.4) is 0 Å². The molecule has 2 aromatic heterocycles. The molecule has 1 aliphatic rings. The van der Waals surface area contributed by atoms with Crippen molar-refractivity contribution < 1.29 is 4.42 Å². The number of aromatic nitrogens is 1. The fourth-order valence-corrected chi connectivity index (χ4v) is 9.13. The molecular weight excluding hydrogens is 631 g/mol. The van der Waals surface area contributed by atoms with Gasteiger partial charge in [0.05, 0.1) is 22.1 Å². The molecule has 0 radical (unpaired) electrons. The second-order valence-electron chi connectivity index (χ2n) is 14.0. The van der Waals surface area contributed by atoms with Gasteiger partial charge in [0.1, 0.15) is 5.58 Å². The van der Waals surface area contributed by atoms with Crippen LogP contribution in [0.1, 0.15) is 33.4 Å². The van der Waals surface area contributed by atoms with Crippen LogP contribution in [0, 0.1) is 0 Å². The molecule has 2 heterocycles. The second kappa shape index (κ2) is 11.2. The molecule has 8 aromatic carbocycles. The summed E-state index contributed by atoms with van der Waals surface area (Å²) in [6.45, 7) is 0. The summed E-state index contributed by atoms with van der Waals surface area (Å²) in [5, 5.41) is 4.76. The SMILES string of the molecule is c1ccc(C2(c3ccccc3)c3ccccc3-c3ccc(Cc4ccc5c(c4)oc4c(-n6c7ccccc7c7ccccc76)cccc45)cc32)cc1. The Morgan fingerprint density at radius 2 is 1.00 bits per heavy atom. The zero-order chi connectivity index (χ0) is 34.2. The van der Waals surface area contributed by atoms with E-state index in [1.54, 1.807) is 0 Å². The third kappa shape index (κ3) is 4.06. The van der Waals surface area contributed by atoms with Gasteiger partial charge in [-0.15, -0.1) is 0 Å². The van der Waals surface area contributed by atoms with E-state index in [0.717, 1.165) is 34.0 Å². The van der Waals surface area contributed by atoms with Crippen molar-refractivity contribution in [2.24, 2.45) is 0 Å². The number of hydrogen-bond acceptors (Lipinski definition) is 1. The van der Waals surface area contributed by atoms with Crippen molar-refractivity contribution in [3.8, 4) is 16.8 Å². The van der Waals surface area contributed by atoms with Gasteiger partial charge in [-0.2, -0.15) is 0 Å². The molecule has 0 aliphatic heterocycles. The number of furan rings is 1. The van der Waals surface area contributed by atoms with Crippen LogP contribution >= 0.6 is 0 Å². The Kier molecular flexibility index (Phi) is 6.26. The number of fused-ring (bicyclic) bond motifs is 9. The maximum absolute atomic E-state index is 6.83. The Morgan fingerprint density at radius 1 is 0.423 bits per heavy atom. The Hall–Kier alpha value is -6.64. The Balaban J connectivity index is 1.05. The lowest BCUT2D eigenvalue weighted by Gasteiger charge is -2.34. The van der Waals surface area contributed by atoms with Crippen LogP contribution in [0.2, 0.25) is 0 Å². The highest BCUT2D eigenvalue weighted by molar-refractivity contribution is 6.12. The fraction of sp³-hybridized carbons (Fsp3) is 0.0400. The summed E-state index contributed by atoms with van der Waals surface area (Å²) >= 11 is 0. The van der Waals surface area contributed by atoms with Gasteiger partial charge in [0.25, 0.3) is 0 Å². The largest absolute Gasteiger partial charge is 0.454 e. The third-order valence-electron chi connectivity index (χ3n) is 11.3. The van der Waals surface area contributed by atoms with Crippen molar-refractivity contribution in [1.82, 2.24) is 4.57 Å². The maximum atomic E-state index is 6.83. The molecular formula is C50H33NO. The summed E-state index contributed by atoms with van der Waals surface area (Å²) in [5.41, 5.74) is 15.2. The number of para-hydroxylation sites is 3. The Bertz CT molecular complexity index is 2890. The second-order valence-corrected chi connectivity index (χ2v) is 14.0. The minimum absolute atomic E-state index is 0.406. The van der Waals surface area contributed by atoms with Crippen LogP contribution in [0.25, 0.3) is 60.6 Å². The van der Waals surface area contributed by atoms with Crippen LogP contribution in [-0.4, -0.2) is 4.57 Å². The van der Waals surface area contributed by atoms with Crippen molar-refractivity contribution in [2.45, 2.75) is 11.8 Å². The third-order valence-corrected chi connectivity index (χ3v) is 11.3. The average molecular weight is 664 g/mol. The van der Waals surface area contributed by atoms with E-state index in [1.807, 2.05) is 0 Å². The van der Waals surface area contributed by atoms with Gasteiger partial charge in [0.2, 0.25) is 0 Å². The first-order valence-electron chi connectivity index (χ1n) is 18.1. The summed E-state index contributed by atoms with van der Waals surface area (Å²) in [7, 11) is 0.